The number of amides is 3. The fraction of sp³-hybridized carbons (Fsp3) is 0.324. The molecule has 0 saturated carbocycles. The lowest BCUT2D eigenvalue weighted by Gasteiger charge is -2.33. The fourth-order valence-electron chi connectivity index (χ4n) is 5.55. The quantitative estimate of drug-likeness (QED) is 0.162. The van der Waals surface area contributed by atoms with Crippen molar-refractivity contribution in [1.29, 1.82) is 0 Å². The molecule has 0 unspecified atom stereocenters. The number of ether oxygens (including phenoxy) is 2. The molecule has 1 aromatic heterocycles. The maximum absolute atomic E-state index is 14.8. The van der Waals surface area contributed by atoms with Crippen LogP contribution in [0.25, 0.3) is 11.3 Å². The lowest BCUT2D eigenvalue weighted by atomic mass is 9.93. The molecule has 0 aliphatic carbocycles. The highest BCUT2D eigenvalue weighted by atomic mass is 16.6. The molecule has 0 spiro atoms. The Bertz CT molecular complexity index is 1770. The number of aryl methyl sites for hydroxylation is 2. The molecule has 48 heavy (non-hydrogen) atoms. The number of nitrogens with one attached hydrogen (secondary N) is 2. The van der Waals surface area contributed by atoms with Crippen LogP contribution in [-0.2, 0) is 22.5 Å². The number of hydrogen-bond donors (Lipinski definition) is 3. The predicted octanol–water partition coefficient (Wildman–Crippen LogP) is 5.84. The number of carbonyl (C=O) groups excluding carboxylic acids is 4. The summed E-state index contributed by atoms with van der Waals surface area (Å²) in [5.74, 6) is -0.0319. The van der Waals surface area contributed by atoms with Gasteiger partial charge in [-0.2, -0.15) is 0 Å². The van der Waals surface area contributed by atoms with Crippen LogP contribution in [0, 0.1) is 13.8 Å². The van der Waals surface area contributed by atoms with Crippen LogP contribution in [0.3, 0.4) is 0 Å². The van der Waals surface area contributed by atoms with Gasteiger partial charge in [-0.25, -0.2) is 9.78 Å². The summed E-state index contributed by atoms with van der Waals surface area (Å²) >= 11 is 0. The minimum absolute atomic E-state index is 0.0806. The Hall–Kier alpha value is -5.45. The van der Waals surface area contributed by atoms with Crippen molar-refractivity contribution in [2.75, 3.05) is 7.11 Å². The molecule has 4 N–H and O–H groups in total. The maximum Gasteiger partial charge on any atom is 0.408 e. The van der Waals surface area contributed by atoms with E-state index >= 15 is 0 Å². The van der Waals surface area contributed by atoms with Crippen molar-refractivity contribution in [2.45, 2.75) is 72.2 Å². The van der Waals surface area contributed by atoms with Crippen molar-refractivity contribution in [3.8, 4) is 17.0 Å². The topological polar surface area (TPSA) is 157 Å². The number of alkyl carbamates (subject to hydrolysis) is 1. The Balaban J connectivity index is 1.79. The number of carbonyl (C=O) groups is 4. The van der Waals surface area contributed by atoms with Gasteiger partial charge in [0.2, 0.25) is 11.8 Å². The number of methoxy groups -OCH3 is 1. The standard InChI is InChI=1S/C37H43N5O6/c1-22-15-27(33(38)44)16-23(2)29(22)18-30(41-36(46)48-37(4,5)6)35(45)42(20-25-13-14-32(47-7)28(17-25)21-43)24(3)34-39-19-31(40-34)26-11-9-8-10-12-26/h8-17,19,21,24,30H,18,20H2,1-7H3,(H2,38,44)(H,39,40)(H,41,46)/t24-,30-/m0/s1. The van der Waals surface area contributed by atoms with Crippen LogP contribution in [0.5, 0.6) is 5.75 Å². The van der Waals surface area contributed by atoms with Gasteiger partial charge in [-0.1, -0.05) is 36.4 Å². The summed E-state index contributed by atoms with van der Waals surface area (Å²) in [7, 11) is 1.48. The lowest BCUT2D eigenvalue weighted by Crippen LogP contribution is -2.51. The Morgan fingerprint density at radius 3 is 2.29 bits per heavy atom. The van der Waals surface area contributed by atoms with Crippen LogP contribution < -0.4 is 15.8 Å². The summed E-state index contributed by atoms with van der Waals surface area (Å²) in [6.07, 6.45) is 1.76. The summed E-state index contributed by atoms with van der Waals surface area (Å²) in [6, 6.07) is 16.5. The molecule has 0 bridgehead atoms. The number of imidazole rings is 1. The summed E-state index contributed by atoms with van der Waals surface area (Å²) < 4.78 is 10.9. The number of H-pyrrole nitrogens is 1. The molecule has 3 amide bonds. The smallest absolute Gasteiger partial charge is 0.408 e. The molecule has 0 radical (unpaired) electrons. The van der Waals surface area contributed by atoms with Crippen molar-refractivity contribution < 1.29 is 28.7 Å². The first-order chi connectivity index (χ1) is 22.7. The predicted molar refractivity (Wildman–Crippen MR) is 183 cm³/mol. The van der Waals surface area contributed by atoms with Crippen molar-refractivity contribution >= 4 is 24.2 Å². The first kappa shape index (κ1) is 35.4. The molecule has 252 valence electrons. The third-order valence-electron chi connectivity index (χ3n) is 7.98. The van der Waals surface area contributed by atoms with E-state index in [2.05, 4.69) is 15.3 Å². The average Bonchev–Trinajstić information content (AvgIpc) is 3.54. The molecule has 11 nitrogen and oxygen atoms in total. The monoisotopic (exact) mass is 653 g/mol. The Labute approximate surface area is 280 Å². The van der Waals surface area contributed by atoms with Gasteiger partial charge in [-0.15, -0.1) is 0 Å². The summed E-state index contributed by atoms with van der Waals surface area (Å²) in [6.45, 7) is 10.8. The number of nitrogens with two attached hydrogens (primary N) is 1. The third-order valence-corrected chi connectivity index (χ3v) is 7.98. The number of rotatable bonds is 12. The zero-order valence-corrected chi connectivity index (χ0v) is 28.4. The number of primary amides is 1. The van der Waals surface area contributed by atoms with Crippen molar-refractivity contribution in [2.24, 2.45) is 5.73 Å². The zero-order valence-electron chi connectivity index (χ0n) is 28.4. The second-order valence-electron chi connectivity index (χ2n) is 12.7. The second kappa shape index (κ2) is 15.0. The van der Waals surface area contributed by atoms with E-state index in [0.29, 0.717) is 34.6 Å². The molecule has 1 heterocycles. The summed E-state index contributed by atoms with van der Waals surface area (Å²) in [5.41, 5.74) is 10.1. The van der Waals surface area contributed by atoms with E-state index in [9.17, 15) is 19.2 Å². The molecule has 4 aromatic rings. The van der Waals surface area contributed by atoms with E-state index < -0.39 is 35.6 Å². The Kier molecular flexibility index (Phi) is 11.0. The van der Waals surface area contributed by atoms with Gasteiger partial charge < -0.3 is 30.4 Å². The van der Waals surface area contributed by atoms with E-state index in [1.54, 1.807) is 62.2 Å². The van der Waals surface area contributed by atoms with Crippen LogP contribution in [0.15, 0.2) is 66.9 Å². The first-order valence-corrected chi connectivity index (χ1v) is 15.6. The molecule has 0 aliphatic rings. The largest absolute Gasteiger partial charge is 0.496 e. The maximum atomic E-state index is 14.8. The second-order valence-corrected chi connectivity index (χ2v) is 12.7. The van der Waals surface area contributed by atoms with Gasteiger partial charge in [0.05, 0.1) is 30.6 Å². The number of benzene rings is 3. The van der Waals surface area contributed by atoms with Crippen LogP contribution >= 0.6 is 0 Å². The number of aromatic nitrogens is 2. The van der Waals surface area contributed by atoms with Crippen molar-refractivity contribution in [3.63, 3.8) is 0 Å². The van der Waals surface area contributed by atoms with Gasteiger partial charge in [0, 0.05) is 18.5 Å². The van der Waals surface area contributed by atoms with Gasteiger partial charge in [-0.3, -0.25) is 14.4 Å². The molecule has 0 fully saturated rings. The minimum atomic E-state index is -1.08. The number of aldehydes is 1. The van der Waals surface area contributed by atoms with Crippen LogP contribution in [0.2, 0.25) is 0 Å². The average molecular weight is 654 g/mol. The highest BCUT2D eigenvalue weighted by Gasteiger charge is 2.33. The third kappa shape index (κ3) is 8.67. The van der Waals surface area contributed by atoms with Crippen molar-refractivity contribution in [1.82, 2.24) is 20.2 Å². The molecule has 4 rings (SSSR count). The highest BCUT2D eigenvalue weighted by Crippen LogP contribution is 2.28. The van der Waals surface area contributed by atoms with E-state index in [1.165, 1.54) is 7.11 Å². The first-order valence-electron chi connectivity index (χ1n) is 15.6. The molecular formula is C37H43N5O6. The van der Waals surface area contributed by atoms with E-state index in [-0.39, 0.29) is 13.0 Å². The van der Waals surface area contributed by atoms with Crippen LogP contribution in [0.1, 0.15) is 82.5 Å². The van der Waals surface area contributed by atoms with E-state index in [0.717, 1.165) is 27.9 Å². The number of aromatic amines is 1. The van der Waals surface area contributed by atoms with Gasteiger partial charge in [0.15, 0.2) is 6.29 Å². The van der Waals surface area contributed by atoms with Crippen molar-refractivity contribution in [3.05, 3.63) is 106 Å². The Morgan fingerprint density at radius 2 is 1.71 bits per heavy atom. The molecular weight excluding hydrogens is 610 g/mol. The summed E-state index contributed by atoms with van der Waals surface area (Å²) in [4.78, 5) is 61.3. The minimum Gasteiger partial charge on any atom is -0.496 e. The molecule has 0 saturated heterocycles. The number of nitrogens with zero attached hydrogens (tertiary/aromatic N) is 2. The fourth-order valence-corrected chi connectivity index (χ4v) is 5.55. The van der Waals surface area contributed by atoms with Gasteiger partial charge in [0.1, 0.15) is 23.2 Å². The lowest BCUT2D eigenvalue weighted by molar-refractivity contribution is -0.136. The molecule has 0 aliphatic heterocycles. The molecule has 2 atom stereocenters. The van der Waals surface area contributed by atoms with Gasteiger partial charge in [0.25, 0.3) is 0 Å². The van der Waals surface area contributed by atoms with Crippen LogP contribution in [-0.4, -0.2) is 57.8 Å². The van der Waals surface area contributed by atoms with E-state index in [4.69, 9.17) is 15.2 Å². The molecule has 11 heteroatoms. The number of hydrogen-bond acceptors (Lipinski definition) is 7. The van der Waals surface area contributed by atoms with E-state index in [1.807, 2.05) is 51.1 Å². The van der Waals surface area contributed by atoms with Gasteiger partial charge >= 0.3 is 6.09 Å². The normalized spacial score (nSPS) is 12.5. The Morgan fingerprint density at radius 1 is 1.04 bits per heavy atom. The van der Waals surface area contributed by atoms with Gasteiger partial charge in [-0.05, 0) is 93.6 Å². The summed E-state index contributed by atoms with van der Waals surface area (Å²) in [5, 5.41) is 2.81. The SMILES string of the molecule is COc1ccc(CN(C(=O)[C@H](Cc2c(C)cc(C(N)=O)cc2C)NC(=O)OC(C)(C)C)[C@@H](C)c2ncc(-c3ccccc3)[nH]2)cc1C=O. The zero-order chi connectivity index (χ0) is 35.2. The highest BCUT2D eigenvalue weighted by molar-refractivity contribution is 5.93. The van der Waals surface area contributed by atoms with Crippen LogP contribution in [0.4, 0.5) is 4.79 Å². The molecule has 3 aromatic carbocycles.